The van der Waals surface area contributed by atoms with E-state index >= 15 is 0 Å². The number of hydrogen-bond donors (Lipinski definition) is 3. The summed E-state index contributed by atoms with van der Waals surface area (Å²) >= 11 is 0. The average Bonchev–Trinajstić information content (AvgIpc) is 3.26. The van der Waals surface area contributed by atoms with E-state index in [2.05, 4.69) is 92.1 Å². The number of allylic oxidation sites excluding steroid dienone is 13. The maximum atomic E-state index is 12.5. The molecule has 2 atom stereocenters. The average molecular weight is 848 g/mol. The molecule has 4 nitrogen and oxygen atoms in total. The topological polar surface area (TPSA) is 69.6 Å². The van der Waals surface area contributed by atoms with Gasteiger partial charge in [0.2, 0.25) is 5.91 Å². The Hall–Kier alpha value is -2.43. The van der Waals surface area contributed by atoms with E-state index < -0.39 is 12.1 Å². The summed E-state index contributed by atoms with van der Waals surface area (Å²) in [5, 5.41) is 23.1. The molecular formula is C57H101NO3. The van der Waals surface area contributed by atoms with Gasteiger partial charge < -0.3 is 15.5 Å². The first-order valence-electron chi connectivity index (χ1n) is 26.3. The van der Waals surface area contributed by atoms with Crippen molar-refractivity contribution in [3.63, 3.8) is 0 Å². The number of carbonyl (C=O) groups is 1. The molecular weight excluding hydrogens is 747 g/mol. The van der Waals surface area contributed by atoms with Crippen LogP contribution in [-0.4, -0.2) is 34.9 Å². The van der Waals surface area contributed by atoms with Crippen LogP contribution >= 0.6 is 0 Å². The van der Waals surface area contributed by atoms with Gasteiger partial charge in [0.1, 0.15) is 0 Å². The molecule has 0 aromatic carbocycles. The molecule has 0 aliphatic rings. The van der Waals surface area contributed by atoms with Crippen molar-refractivity contribution in [2.75, 3.05) is 6.61 Å². The van der Waals surface area contributed by atoms with Crippen molar-refractivity contribution in [1.82, 2.24) is 5.32 Å². The standard InChI is InChI=1S/C57H101NO3/c1-3-5-7-9-11-13-15-17-19-21-23-25-26-27-28-29-30-31-32-33-35-37-39-41-43-45-47-49-51-53-57(61)58-55(54-59)56(60)52-50-48-46-44-42-40-38-36-34-24-22-20-18-16-14-12-10-8-6-4-2/h5,7,11,13,17,19,23,25,27-28,42,44,50,52,55-56,59-60H,3-4,6,8-10,12,14-16,18,20-22,24,26,29-41,43,45-49,51,53-54H2,1-2H3,(H,58,61)/b7-5-,13-11-,19-17-,25-23-,28-27-,44-42+,52-50+. The highest BCUT2D eigenvalue weighted by Gasteiger charge is 2.17. The van der Waals surface area contributed by atoms with Crippen molar-refractivity contribution >= 4 is 5.91 Å². The fourth-order valence-electron chi connectivity index (χ4n) is 7.63. The lowest BCUT2D eigenvalue weighted by Gasteiger charge is -2.19. The van der Waals surface area contributed by atoms with E-state index in [1.165, 1.54) is 167 Å². The molecule has 0 fully saturated rings. The van der Waals surface area contributed by atoms with Crippen LogP contribution in [0.3, 0.4) is 0 Å². The minimum absolute atomic E-state index is 0.0768. The largest absolute Gasteiger partial charge is 0.394 e. The third-order valence-corrected chi connectivity index (χ3v) is 11.6. The lowest BCUT2D eigenvalue weighted by atomic mass is 10.0. The van der Waals surface area contributed by atoms with Crippen molar-refractivity contribution < 1.29 is 15.0 Å². The fraction of sp³-hybridized carbons (Fsp3) is 0.737. The van der Waals surface area contributed by atoms with E-state index in [0.29, 0.717) is 6.42 Å². The van der Waals surface area contributed by atoms with Crippen LogP contribution in [0.5, 0.6) is 0 Å². The lowest BCUT2D eigenvalue weighted by molar-refractivity contribution is -0.123. The first-order valence-corrected chi connectivity index (χ1v) is 26.3. The van der Waals surface area contributed by atoms with Gasteiger partial charge in [-0.15, -0.1) is 0 Å². The van der Waals surface area contributed by atoms with Gasteiger partial charge in [0.05, 0.1) is 18.8 Å². The molecule has 0 bridgehead atoms. The Labute approximate surface area is 380 Å². The number of nitrogens with one attached hydrogen (secondary N) is 1. The Morgan fingerprint density at radius 1 is 0.410 bits per heavy atom. The van der Waals surface area contributed by atoms with Gasteiger partial charge >= 0.3 is 0 Å². The Bertz CT molecular complexity index is 1100. The summed E-state index contributed by atoms with van der Waals surface area (Å²) in [6, 6.07) is -0.644. The number of amides is 1. The van der Waals surface area contributed by atoms with Crippen LogP contribution in [0.25, 0.3) is 0 Å². The van der Waals surface area contributed by atoms with Crippen LogP contribution in [0.4, 0.5) is 0 Å². The first kappa shape index (κ1) is 58.6. The van der Waals surface area contributed by atoms with Gasteiger partial charge in [-0.3, -0.25) is 4.79 Å². The van der Waals surface area contributed by atoms with Crippen molar-refractivity contribution in [2.45, 2.75) is 264 Å². The van der Waals surface area contributed by atoms with Crippen LogP contribution in [0.2, 0.25) is 0 Å². The van der Waals surface area contributed by atoms with Gasteiger partial charge in [0.15, 0.2) is 0 Å². The highest BCUT2D eigenvalue weighted by molar-refractivity contribution is 5.76. The van der Waals surface area contributed by atoms with Crippen LogP contribution in [-0.2, 0) is 4.79 Å². The molecule has 0 aromatic heterocycles. The third kappa shape index (κ3) is 48.5. The Morgan fingerprint density at radius 3 is 1.15 bits per heavy atom. The first-order chi connectivity index (χ1) is 30.2. The van der Waals surface area contributed by atoms with Gasteiger partial charge in [0.25, 0.3) is 0 Å². The second-order valence-corrected chi connectivity index (χ2v) is 17.6. The van der Waals surface area contributed by atoms with Crippen molar-refractivity contribution in [3.05, 3.63) is 85.1 Å². The second-order valence-electron chi connectivity index (χ2n) is 17.6. The third-order valence-electron chi connectivity index (χ3n) is 11.6. The normalized spacial score (nSPS) is 13.6. The lowest BCUT2D eigenvalue weighted by Crippen LogP contribution is -2.45. The maximum Gasteiger partial charge on any atom is 0.220 e. The molecule has 0 heterocycles. The van der Waals surface area contributed by atoms with E-state index in [0.717, 1.165) is 64.2 Å². The molecule has 352 valence electrons. The maximum absolute atomic E-state index is 12.5. The summed E-state index contributed by atoms with van der Waals surface area (Å²) in [7, 11) is 0. The minimum atomic E-state index is -0.867. The molecule has 4 heteroatoms. The summed E-state index contributed by atoms with van der Waals surface area (Å²) in [4.78, 5) is 12.5. The summed E-state index contributed by atoms with van der Waals surface area (Å²) in [6.07, 6.45) is 75.8. The molecule has 0 saturated carbocycles. The number of rotatable bonds is 47. The predicted octanol–water partition coefficient (Wildman–Crippen LogP) is 17.2. The number of aliphatic hydroxyl groups excluding tert-OH is 2. The van der Waals surface area contributed by atoms with E-state index in [9.17, 15) is 15.0 Å². The molecule has 0 saturated heterocycles. The van der Waals surface area contributed by atoms with Crippen LogP contribution < -0.4 is 5.32 Å². The fourth-order valence-corrected chi connectivity index (χ4v) is 7.63. The zero-order valence-corrected chi connectivity index (χ0v) is 40.4. The summed E-state index contributed by atoms with van der Waals surface area (Å²) < 4.78 is 0. The molecule has 0 aliphatic carbocycles. The van der Waals surface area contributed by atoms with Gasteiger partial charge in [-0.1, -0.05) is 253 Å². The molecule has 0 aliphatic heterocycles. The molecule has 61 heavy (non-hydrogen) atoms. The van der Waals surface area contributed by atoms with Crippen molar-refractivity contribution in [2.24, 2.45) is 0 Å². The Morgan fingerprint density at radius 2 is 0.738 bits per heavy atom. The van der Waals surface area contributed by atoms with Crippen LogP contribution in [0, 0.1) is 0 Å². The van der Waals surface area contributed by atoms with Crippen LogP contribution in [0.1, 0.15) is 251 Å². The highest BCUT2D eigenvalue weighted by Crippen LogP contribution is 2.15. The Kier molecular flexibility index (Phi) is 49.8. The van der Waals surface area contributed by atoms with E-state index in [4.69, 9.17) is 0 Å². The van der Waals surface area contributed by atoms with Crippen LogP contribution in [0.15, 0.2) is 85.1 Å². The zero-order valence-electron chi connectivity index (χ0n) is 40.4. The number of hydrogen-bond acceptors (Lipinski definition) is 3. The summed E-state index contributed by atoms with van der Waals surface area (Å²) in [6.45, 7) is 4.19. The van der Waals surface area contributed by atoms with E-state index in [1.54, 1.807) is 6.08 Å². The second kappa shape index (κ2) is 51.9. The summed E-state index contributed by atoms with van der Waals surface area (Å²) in [5.41, 5.74) is 0. The highest BCUT2D eigenvalue weighted by atomic mass is 16.3. The molecule has 0 spiro atoms. The van der Waals surface area contributed by atoms with Crippen molar-refractivity contribution in [3.8, 4) is 0 Å². The van der Waals surface area contributed by atoms with E-state index in [-0.39, 0.29) is 12.5 Å². The molecule has 3 N–H and O–H groups in total. The molecule has 0 rings (SSSR count). The zero-order chi connectivity index (χ0) is 44.2. The van der Waals surface area contributed by atoms with Gasteiger partial charge in [0, 0.05) is 6.42 Å². The number of unbranched alkanes of at least 4 members (excludes halogenated alkanes) is 28. The van der Waals surface area contributed by atoms with Gasteiger partial charge in [-0.2, -0.15) is 0 Å². The molecule has 2 unspecified atom stereocenters. The Balaban J connectivity index is 3.57. The van der Waals surface area contributed by atoms with Gasteiger partial charge in [-0.05, 0) is 77.0 Å². The molecule has 1 amide bonds. The number of carbonyl (C=O) groups excluding carboxylic acids is 1. The SMILES string of the molecule is CC/C=C\C/C=C\C/C=C\C/C=C\C/C=C\CCCCCCCCCCCCCCCC(=O)NC(CO)C(O)/C=C/CC/C=C/CCCCCCCCCCCCCCCC. The quantitative estimate of drug-likeness (QED) is 0.0422. The van der Waals surface area contributed by atoms with Crippen molar-refractivity contribution in [1.29, 1.82) is 0 Å². The monoisotopic (exact) mass is 848 g/mol. The number of aliphatic hydroxyl groups is 2. The minimum Gasteiger partial charge on any atom is -0.394 e. The summed E-state index contributed by atoms with van der Waals surface area (Å²) in [5.74, 6) is -0.0768. The smallest absolute Gasteiger partial charge is 0.220 e. The van der Waals surface area contributed by atoms with Gasteiger partial charge in [-0.25, -0.2) is 0 Å². The predicted molar refractivity (Wildman–Crippen MR) is 271 cm³/mol. The van der Waals surface area contributed by atoms with E-state index in [1.807, 2.05) is 6.08 Å². The molecule has 0 aromatic rings. The molecule has 0 radical (unpaired) electrons.